The first-order chi connectivity index (χ1) is 17.1. The summed E-state index contributed by atoms with van der Waals surface area (Å²) >= 11 is 0. The summed E-state index contributed by atoms with van der Waals surface area (Å²) < 4.78 is 29.6. The summed E-state index contributed by atoms with van der Waals surface area (Å²) in [5.74, 6) is 1.56. The predicted molar refractivity (Wildman–Crippen MR) is 134 cm³/mol. The monoisotopic (exact) mass is 481 g/mol. The second-order valence-electron chi connectivity index (χ2n) is 9.39. The van der Waals surface area contributed by atoms with Crippen molar-refractivity contribution in [3.63, 3.8) is 0 Å². The molecular weight excluding hydrogens is 448 g/mol. The van der Waals surface area contributed by atoms with Crippen LogP contribution in [0.5, 0.6) is 0 Å². The molecule has 2 saturated heterocycles. The summed E-state index contributed by atoms with van der Waals surface area (Å²) in [6.07, 6.45) is 7.67. The van der Waals surface area contributed by atoms with E-state index in [1.54, 1.807) is 12.4 Å². The molecule has 2 fully saturated rings. The van der Waals surface area contributed by atoms with Crippen molar-refractivity contribution in [3.05, 3.63) is 53.7 Å². The van der Waals surface area contributed by atoms with E-state index >= 15 is 0 Å². The van der Waals surface area contributed by atoms with Gasteiger partial charge < -0.3 is 19.7 Å². The highest BCUT2D eigenvalue weighted by Gasteiger charge is 2.28. The number of anilines is 2. The van der Waals surface area contributed by atoms with Crippen LogP contribution < -0.4 is 10.2 Å². The minimum Gasteiger partial charge on any atom is -0.373 e. The minimum atomic E-state index is -0.843. The van der Waals surface area contributed by atoms with Gasteiger partial charge in [0.1, 0.15) is 23.8 Å². The molecule has 35 heavy (non-hydrogen) atoms. The lowest BCUT2D eigenvalue weighted by Crippen LogP contribution is -2.39. The summed E-state index contributed by atoms with van der Waals surface area (Å²) in [5, 5.41) is 3.18. The van der Waals surface area contributed by atoms with E-state index in [0.29, 0.717) is 17.2 Å². The second kappa shape index (κ2) is 10.3. The Kier molecular flexibility index (Phi) is 6.95. The number of benzene rings is 1. The van der Waals surface area contributed by atoms with Crippen LogP contribution in [0.15, 0.2) is 30.7 Å². The Morgan fingerprint density at radius 3 is 2.49 bits per heavy atom. The van der Waals surface area contributed by atoms with E-state index in [2.05, 4.69) is 36.6 Å². The van der Waals surface area contributed by atoms with Crippen LogP contribution in [0.4, 0.5) is 20.4 Å². The third kappa shape index (κ3) is 4.87. The smallest absolute Gasteiger partial charge is 0.159 e. The molecule has 3 aromatic rings. The fourth-order valence-electron chi connectivity index (χ4n) is 5.15. The van der Waals surface area contributed by atoms with Gasteiger partial charge in [0.25, 0.3) is 0 Å². The van der Waals surface area contributed by atoms with Crippen molar-refractivity contribution in [1.29, 1.82) is 0 Å². The number of halogens is 2. The lowest BCUT2D eigenvalue weighted by molar-refractivity contribution is 0.173. The van der Waals surface area contributed by atoms with Crippen molar-refractivity contribution in [2.75, 3.05) is 50.0 Å². The van der Waals surface area contributed by atoms with Gasteiger partial charge in [0.05, 0.1) is 5.69 Å². The number of nitrogens with one attached hydrogen (secondary N) is 1. The number of hydrogen-bond acceptors (Lipinski definition) is 6. The normalized spacial score (nSPS) is 17.0. The van der Waals surface area contributed by atoms with E-state index in [9.17, 15) is 8.78 Å². The van der Waals surface area contributed by atoms with Crippen molar-refractivity contribution in [3.8, 4) is 11.3 Å². The molecule has 186 valence electrons. The van der Waals surface area contributed by atoms with Gasteiger partial charge in [-0.3, -0.25) is 0 Å². The van der Waals surface area contributed by atoms with E-state index in [0.717, 1.165) is 81.6 Å². The third-order valence-electron chi connectivity index (χ3n) is 7.30. The number of rotatable bonds is 8. The van der Waals surface area contributed by atoms with Gasteiger partial charge in [0.2, 0.25) is 0 Å². The summed E-state index contributed by atoms with van der Waals surface area (Å²) in [6.45, 7) is 8.02. The van der Waals surface area contributed by atoms with Crippen LogP contribution in [-0.4, -0.2) is 64.2 Å². The molecule has 0 spiro atoms. The zero-order chi connectivity index (χ0) is 24.4. The third-order valence-corrected chi connectivity index (χ3v) is 7.30. The molecule has 0 atom stereocenters. The molecule has 2 aliphatic heterocycles. The largest absolute Gasteiger partial charge is 0.373 e. The van der Waals surface area contributed by atoms with E-state index < -0.39 is 11.6 Å². The average molecular weight is 482 g/mol. The van der Waals surface area contributed by atoms with Gasteiger partial charge in [-0.15, -0.1) is 0 Å². The SMILES string of the molecule is CCc1c(NC)ncnc1N1CCC(c2nc(-c3ccc(F)c(F)c3)cn2CCN2CCC2)CC1. The number of hydrogen-bond donors (Lipinski definition) is 1. The van der Waals surface area contributed by atoms with Gasteiger partial charge >= 0.3 is 0 Å². The molecule has 1 N–H and O–H groups in total. The van der Waals surface area contributed by atoms with Gasteiger partial charge in [0, 0.05) is 56.5 Å². The Labute approximate surface area is 205 Å². The summed E-state index contributed by atoms with van der Waals surface area (Å²) in [5.41, 5.74) is 2.45. The molecule has 0 radical (unpaired) electrons. The molecule has 2 aliphatic rings. The Bertz CT molecular complexity index is 1170. The van der Waals surface area contributed by atoms with Gasteiger partial charge in [-0.25, -0.2) is 23.7 Å². The number of piperidine rings is 1. The Hall–Kier alpha value is -3.07. The number of nitrogens with zero attached hydrogens (tertiary/aromatic N) is 6. The minimum absolute atomic E-state index is 0.303. The predicted octanol–water partition coefficient (Wildman–Crippen LogP) is 4.31. The highest BCUT2D eigenvalue weighted by atomic mass is 19.2. The lowest BCUT2D eigenvalue weighted by Gasteiger charge is -2.34. The number of likely N-dealkylation sites (tertiary alicyclic amines) is 1. The molecule has 0 aliphatic carbocycles. The topological polar surface area (TPSA) is 62.1 Å². The molecular formula is C26H33F2N7. The first kappa shape index (κ1) is 23.7. The maximum absolute atomic E-state index is 13.9. The van der Waals surface area contributed by atoms with Gasteiger partial charge in [-0.1, -0.05) is 6.92 Å². The molecule has 1 aromatic carbocycles. The molecule has 4 heterocycles. The summed E-state index contributed by atoms with van der Waals surface area (Å²) in [4.78, 5) is 18.7. The zero-order valence-electron chi connectivity index (χ0n) is 20.5. The van der Waals surface area contributed by atoms with Crippen LogP contribution in [0.3, 0.4) is 0 Å². The van der Waals surface area contributed by atoms with Crippen molar-refractivity contribution < 1.29 is 8.78 Å². The lowest BCUT2D eigenvalue weighted by atomic mass is 9.95. The van der Waals surface area contributed by atoms with Gasteiger partial charge in [-0.2, -0.15) is 0 Å². The van der Waals surface area contributed by atoms with Crippen molar-refractivity contribution in [2.24, 2.45) is 0 Å². The van der Waals surface area contributed by atoms with E-state index in [1.807, 2.05) is 13.2 Å². The Balaban J connectivity index is 1.37. The fraction of sp³-hybridized carbons (Fsp3) is 0.500. The molecule has 2 aromatic heterocycles. The molecule has 9 heteroatoms. The highest BCUT2D eigenvalue weighted by Crippen LogP contribution is 2.34. The van der Waals surface area contributed by atoms with Crippen molar-refractivity contribution in [2.45, 2.75) is 45.1 Å². The van der Waals surface area contributed by atoms with Crippen LogP contribution in [0, 0.1) is 11.6 Å². The van der Waals surface area contributed by atoms with Gasteiger partial charge in [-0.05, 0) is 57.0 Å². The van der Waals surface area contributed by atoms with Crippen LogP contribution >= 0.6 is 0 Å². The molecule has 5 rings (SSSR count). The fourth-order valence-corrected chi connectivity index (χ4v) is 5.15. The maximum atomic E-state index is 13.9. The second-order valence-corrected chi connectivity index (χ2v) is 9.39. The average Bonchev–Trinajstić information content (AvgIpc) is 3.28. The Morgan fingerprint density at radius 1 is 1.03 bits per heavy atom. The van der Waals surface area contributed by atoms with Crippen LogP contribution in [0.2, 0.25) is 0 Å². The molecule has 0 saturated carbocycles. The highest BCUT2D eigenvalue weighted by molar-refractivity contribution is 5.60. The van der Waals surface area contributed by atoms with Crippen molar-refractivity contribution in [1.82, 2.24) is 24.4 Å². The van der Waals surface area contributed by atoms with Crippen molar-refractivity contribution >= 4 is 11.6 Å². The zero-order valence-corrected chi connectivity index (χ0v) is 20.5. The maximum Gasteiger partial charge on any atom is 0.159 e. The molecule has 0 bridgehead atoms. The number of aromatic nitrogens is 4. The molecule has 7 nitrogen and oxygen atoms in total. The van der Waals surface area contributed by atoms with E-state index in [1.165, 1.54) is 18.6 Å². The standard InChI is InChI=1S/C26H33F2N7/c1-3-20-24(29-2)30-17-31-26(20)34-11-7-18(8-12-34)25-32-23(19-5-6-21(27)22(28)15-19)16-35(25)14-13-33-9-4-10-33/h5-6,15-18H,3-4,7-14H2,1-2H3,(H,29,30,31). The molecule has 0 amide bonds. The first-order valence-electron chi connectivity index (χ1n) is 12.6. The summed E-state index contributed by atoms with van der Waals surface area (Å²) in [6, 6.07) is 4.02. The van der Waals surface area contributed by atoms with Gasteiger partial charge in [0.15, 0.2) is 11.6 Å². The van der Waals surface area contributed by atoms with Crippen LogP contribution in [0.1, 0.15) is 43.5 Å². The van der Waals surface area contributed by atoms with E-state index in [4.69, 9.17) is 4.98 Å². The Morgan fingerprint density at radius 2 is 1.83 bits per heavy atom. The first-order valence-corrected chi connectivity index (χ1v) is 12.6. The van der Waals surface area contributed by atoms with Crippen LogP contribution in [0.25, 0.3) is 11.3 Å². The van der Waals surface area contributed by atoms with Crippen LogP contribution in [-0.2, 0) is 13.0 Å². The number of imidazole rings is 1. The summed E-state index contributed by atoms with van der Waals surface area (Å²) in [7, 11) is 1.89. The quantitative estimate of drug-likeness (QED) is 0.517. The molecule has 0 unspecified atom stereocenters. The van der Waals surface area contributed by atoms with E-state index in [-0.39, 0.29) is 0 Å².